The fourth-order valence-corrected chi connectivity index (χ4v) is 4.80. The molecule has 0 unspecified atom stereocenters. The Labute approximate surface area is 196 Å². The third-order valence-corrected chi connectivity index (χ3v) is 6.93. The van der Waals surface area contributed by atoms with Crippen LogP contribution < -0.4 is 23.8 Å². The quantitative estimate of drug-likeness (QED) is 0.526. The summed E-state index contributed by atoms with van der Waals surface area (Å²) < 4.78 is 57.6. The molecule has 1 heterocycles. The number of carbonyl (C=O) groups excluding carboxylic acids is 1. The molecule has 3 aromatic carbocycles. The molecular weight excluding hydrogens is 463 g/mol. The maximum Gasteiger partial charge on any atom is 0.264 e. The van der Waals surface area contributed by atoms with Crippen molar-refractivity contribution in [2.24, 2.45) is 0 Å². The molecule has 0 saturated carbocycles. The van der Waals surface area contributed by atoms with E-state index in [1.165, 1.54) is 43.5 Å². The molecule has 34 heavy (non-hydrogen) atoms. The van der Waals surface area contributed by atoms with Crippen molar-refractivity contribution in [2.45, 2.75) is 11.0 Å². The number of anilines is 1. The number of para-hydroxylation sites is 2. The molecule has 0 fully saturated rings. The number of sulfonamides is 1. The van der Waals surface area contributed by atoms with E-state index in [0.29, 0.717) is 17.2 Å². The van der Waals surface area contributed by atoms with Crippen molar-refractivity contribution in [1.82, 2.24) is 5.32 Å². The van der Waals surface area contributed by atoms with Gasteiger partial charge in [0.1, 0.15) is 30.8 Å². The second-order valence-electron chi connectivity index (χ2n) is 7.47. The van der Waals surface area contributed by atoms with Crippen molar-refractivity contribution in [3.05, 3.63) is 78.6 Å². The second kappa shape index (κ2) is 10.0. The maximum absolute atomic E-state index is 13.5. The molecule has 0 saturated heterocycles. The van der Waals surface area contributed by atoms with Crippen LogP contribution >= 0.6 is 0 Å². The van der Waals surface area contributed by atoms with Crippen LogP contribution in [0, 0.1) is 5.82 Å². The summed E-state index contributed by atoms with van der Waals surface area (Å²) in [5.41, 5.74) is 0.151. The van der Waals surface area contributed by atoms with Crippen LogP contribution in [0.15, 0.2) is 77.7 Å². The number of benzene rings is 3. The van der Waals surface area contributed by atoms with Gasteiger partial charge in [0, 0.05) is 0 Å². The van der Waals surface area contributed by atoms with Crippen molar-refractivity contribution >= 4 is 21.6 Å². The normalized spacial score (nSPS) is 14.8. The van der Waals surface area contributed by atoms with Gasteiger partial charge in [-0.1, -0.05) is 12.1 Å². The van der Waals surface area contributed by atoms with Crippen molar-refractivity contribution in [3.63, 3.8) is 0 Å². The zero-order chi connectivity index (χ0) is 24.1. The number of fused-ring (bicyclic) bond motifs is 1. The van der Waals surface area contributed by atoms with Gasteiger partial charge in [-0.05, 0) is 60.7 Å². The molecule has 0 radical (unpaired) electrons. The van der Waals surface area contributed by atoms with Gasteiger partial charge in [-0.25, -0.2) is 12.8 Å². The molecule has 8 nitrogen and oxygen atoms in total. The summed E-state index contributed by atoms with van der Waals surface area (Å²) >= 11 is 0. The van der Waals surface area contributed by atoms with Crippen LogP contribution in [-0.2, 0) is 14.8 Å². The number of methoxy groups -OCH3 is 1. The molecule has 178 valence electrons. The summed E-state index contributed by atoms with van der Waals surface area (Å²) in [5, 5.41) is 2.69. The van der Waals surface area contributed by atoms with Crippen molar-refractivity contribution < 1.29 is 31.8 Å². The average molecular weight is 487 g/mol. The summed E-state index contributed by atoms with van der Waals surface area (Å²) in [6.45, 7) is -0.152. The van der Waals surface area contributed by atoms with Gasteiger partial charge in [-0.15, -0.1) is 0 Å². The topological polar surface area (TPSA) is 94.2 Å². The van der Waals surface area contributed by atoms with Crippen molar-refractivity contribution in [3.8, 4) is 17.2 Å². The number of nitrogens with zero attached hydrogens (tertiary/aromatic N) is 1. The van der Waals surface area contributed by atoms with E-state index < -0.39 is 34.4 Å². The van der Waals surface area contributed by atoms with Crippen LogP contribution in [-0.4, -0.2) is 47.2 Å². The molecule has 0 aromatic heterocycles. The number of ether oxygens (including phenoxy) is 3. The highest BCUT2D eigenvalue weighted by atomic mass is 32.2. The van der Waals surface area contributed by atoms with Gasteiger partial charge in [0.15, 0.2) is 11.5 Å². The standard InChI is InChI=1S/C24H23FN2O6S/c1-31-19-10-12-21(13-11-19)34(29,30)27(18-8-6-17(25)7-9-18)15-24(28)26-14-20-16-32-22-4-2-3-5-23(22)33-20/h2-13,20H,14-16H2,1H3,(H,26,28)/t20-/m1/s1. The Hall–Kier alpha value is -3.79. The van der Waals surface area contributed by atoms with E-state index in [9.17, 15) is 17.6 Å². The summed E-state index contributed by atoms with van der Waals surface area (Å²) in [6, 6.07) is 17.9. The van der Waals surface area contributed by atoms with E-state index in [1.54, 1.807) is 12.1 Å². The van der Waals surface area contributed by atoms with Crippen LogP contribution in [0.5, 0.6) is 17.2 Å². The van der Waals surface area contributed by atoms with Gasteiger partial charge in [0.25, 0.3) is 10.0 Å². The Morgan fingerprint density at radius 2 is 1.74 bits per heavy atom. The number of rotatable bonds is 8. The van der Waals surface area contributed by atoms with Gasteiger partial charge in [-0.2, -0.15) is 0 Å². The molecule has 0 bridgehead atoms. The molecule has 1 aliphatic rings. The minimum absolute atomic E-state index is 0.0361. The van der Waals surface area contributed by atoms with E-state index in [0.717, 1.165) is 16.4 Å². The van der Waals surface area contributed by atoms with Crippen LogP contribution in [0.2, 0.25) is 0 Å². The average Bonchev–Trinajstić information content (AvgIpc) is 2.86. The first-order valence-corrected chi connectivity index (χ1v) is 11.9. The first-order valence-electron chi connectivity index (χ1n) is 10.4. The predicted molar refractivity (Wildman–Crippen MR) is 123 cm³/mol. The van der Waals surface area contributed by atoms with E-state index in [4.69, 9.17) is 14.2 Å². The van der Waals surface area contributed by atoms with E-state index >= 15 is 0 Å². The molecule has 1 aliphatic heterocycles. The largest absolute Gasteiger partial charge is 0.497 e. The van der Waals surface area contributed by atoms with Crippen LogP contribution in [0.4, 0.5) is 10.1 Å². The number of hydrogen-bond acceptors (Lipinski definition) is 6. The molecule has 1 amide bonds. The zero-order valence-corrected chi connectivity index (χ0v) is 19.1. The van der Waals surface area contributed by atoms with Crippen LogP contribution in [0.3, 0.4) is 0 Å². The third kappa shape index (κ3) is 5.23. The first-order chi connectivity index (χ1) is 16.4. The fraction of sp³-hybridized carbons (Fsp3) is 0.208. The number of nitrogens with one attached hydrogen (secondary N) is 1. The maximum atomic E-state index is 13.5. The van der Waals surface area contributed by atoms with Gasteiger partial charge >= 0.3 is 0 Å². The fourth-order valence-electron chi connectivity index (χ4n) is 3.38. The summed E-state index contributed by atoms with van der Waals surface area (Å²) in [6.07, 6.45) is -0.434. The summed E-state index contributed by atoms with van der Waals surface area (Å²) in [4.78, 5) is 12.7. The molecule has 1 atom stereocenters. The SMILES string of the molecule is COc1ccc(S(=O)(=O)N(CC(=O)NC[C@@H]2COc3ccccc3O2)c2ccc(F)cc2)cc1. The Bertz CT molecular complexity index is 1250. The van der Waals surface area contributed by atoms with E-state index in [2.05, 4.69) is 5.32 Å². The third-order valence-electron chi connectivity index (χ3n) is 5.14. The zero-order valence-electron chi connectivity index (χ0n) is 18.3. The second-order valence-corrected chi connectivity index (χ2v) is 9.33. The Balaban J connectivity index is 1.49. The lowest BCUT2D eigenvalue weighted by Gasteiger charge is -2.27. The van der Waals surface area contributed by atoms with Gasteiger partial charge < -0.3 is 19.5 Å². The number of hydrogen-bond donors (Lipinski definition) is 1. The first kappa shape index (κ1) is 23.4. The lowest BCUT2D eigenvalue weighted by molar-refractivity contribution is -0.120. The highest BCUT2D eigenvalue weighted by Gasteiger charge is 2.28. The van der Waals surface area contributed by atoms with Gasteiger partial charge in [0.2, 0.25) is 5.91 Å². The van der Waals surface area contributed by atoms with E-state index in [1.807, 2.05) is 12.1 Å². The molecule has 0 aliphatic carbocycles. The molecule has 1 N–H and O–H groups in total. The molecule has 0 spiro atoms. The Morgan fingerprint density at radius 1 is 1.06 bits per heavy atom. The molecule has 3 aromatic rings. The monoisotopic (exact) mass is 486 g/mol. The minimum atomic E-state index is -4.13. The van der Waals surface area contributed by atoms with Crippen molar-refractivity contribution in [2.75, 3.05) is 31.1 Å². The predicted octanol–water partition coefficient (Wildman–Crippen LogP) is 2.99. The van der Waals surface area contributed by atoms with Gasteiger partial charge in [0.05, 0.1) is 24.2 Å². The highest BCUT2D eigenvalue weighted by Crippen LogP contribution is 2.30. The highest BCUT2D eigenvalue weighted by molar-refractivity contribution is 7.92. The Morgan fingerprint density at radius 3 is 2.41 bits per heavy atom. The smallest absolute Gasteiger partial charge is 0.264 e. The molecule has 4 rings (SSSR count). The van der Waals surface area contributed by atoms with Gasteiger partial charge in [-0.3, -0.25) is 9.10 Å². The minimum Gasteiger partial charge on any atom is -0.497 e. The lowest BCUT2D eigenvalue weighted by Crippen LogP contribution is -2.45. The molecular formula is C24H23FN2O6S. The van der Waals surface area contributed by atoms with Crippen LogP contribution in [0.25, 0.3) is 0 Å². The van der Waals surface area contributed by atoms with E-state index in [-0.39, 0.29) is 23.7 Å². The molecule has 10 heteroatoms. The number of halogens is 1. The van der Waals surface area contributed by atoms with Crippen LogP contribution in [0.1, 0.15) is 0 Å². The lowest BCUT2D eigenvalue weighted by atomic mass is 10.2. The number of carbonyl (C=O) groups is 1. The summed E-state index contributed by atoms with van der Waals surface area (Å²) in [5.74, 6) is 0.607. The number of amides is 1. The summed E-state index contributed by atoms with van der Waals surface area (Å²) in [7, 11) is -2.66. The van der Waals surface area contributed by atoms with Crippen molar-refractivity contribution in [1.29, 1.82) is 0 Å². The Kier molecular flexibility index (Phi) is 6.87.